The van der Waals surface area contributed by atoms with Crippen LogP contribution in [0.4, 0.5) is 0 Å². The molecule has 0 fully saturated rings. The minimum absolute atomic E-state index is 1.10. The van der Waals surface area contributed by atoms with Crippen LogP contribution in [-0.2, 0) is 0 Å². The molecule has 0 nitrogen and oxygen atoms in total. The molecule has 0 amide bonds. The zero-order valence-corrected chi connectivity index (χ0v) is 15.5. The summed E-state index contributed by atoms with van der Waals surface area (Å²) in [4.78, 5) is 0. The van der Waals surface area contributed by atoms with Gasteiger partial charge in [-0.15, -0.1) is 9.24 Å². The molecule has 1 unspecified atom stereocenters. The normalized spacial score (nSPS) is 10.6. The molecule has 3 aromatic carbocycles. The molecule has 3 heteroatoms. The van der Waals surface area contributed by atoms with Crippen molar-refractivity contribution in [3.63, 3.8) is 0 Å². The highest BCUT2D eigenvalue weighted by Gasteiger charge is 2.13. The summed E-state index contributed by atoms with van der Waals surface area (Å²) < 4.78 is 2.21. The number of halogens is 2. The molecule has 0 aliphatic heterocycles. The summed E-state index contributed by atoms with van der Waals surface area (Å²) in [5.74, 6) is 0. The topological polar surface area (TPSA) is 0 Å². The van der Waals surface area contributed by atoms with E-state index >= 15 is 0 Å². The summed E-state index contributed by atoms with van der Waals surface area (Å²) in [5.41, 5.74) is 4.87. The predicted molar refractivity (Wildman–Crippen MR) is 102 cm³/mol. The molecule has 104 valence electrons. The van der Waals surface area contributed by atoms with Crippen LogP contribution in [0.3, 0.4) is 0 Å². The van der Waals surface area contributed by atoms with E-state index in [1.165, 1.54) is 27.6 Å². The van der Waals surface area contributed by atoms with E-state index < -0.39 is 0 Å². The second-order valence-electron chi connectivity index (χ2n) is 4.73. The van der Waals surface area contributed by atoms with Crippen LogP contribution in [0.15, 0.2) is 75.7 Å². The zero-order chi connectivity index (χ0) is 14.8. The maximum absolute atomic E-state index is 3.67. The van der Waals surface area contributed by atoms with Gasteiger partial charge in [-0.1, -0.05) is 86.5 Å². The van der Waals surface area contributed by atoms with Crippen molar-refractivity contribution >= 4 is 46.4 Å². The average molecular weight is 420 g/mol. The highest BCUT2D eigenvalue weighted by atomic mass is 79.9. The first-order valence-corrected chi connectivity index (χ1v) is 8.73. The van der Waals surface area contributed by atoms with Gasteiger partial charge < -0.3 is 0 Å². The Bertz CT molecular complexity index is 797. The van der Waals surface area contributed by atoms with Gasteiger partial charge in [-0.2, -0.15) is 0 Å². The monoisotopic (exact) mass is 418 g/mol. The van der Waals surface area contributed by atoms with Crippen LogP contribution in [0, 0.1) is 0 Å². The molecule has 0 heterocycles. The Morgan fingerprint density at radius 2 is 1.10 bits per heavy atom. The third-order valence-electron chi connectivity index (χ3n) is 3.40. The van der Waals surface area contributed by atoms with Gasteiger partial charge in [0.2, 0.25) is 0 Å². The Hall–Kier alpha value is -0.950. The summed E-state index contributed by atoms with van der Waals surface area (Å²) in [6, 6.07) is 23.1. The molecular formula is C18H13Br2P. The molecule has 0 N–H and O–H groups in total. The van der Waals surface area contributed by atoms with E-state index in [4.69, 9.17) is 0 Å². The van der Waals surface area contributed by atoms with Gasteiger partial charge in [0.05, 0.1) is 0 Å². The van der Waals surface area contributed by atoms with E-state index in [0.29, 0.717) is 0 Å². The standard InChI is InChI=1S/C18H13Br2P/c19-15-9-3-1-6-12(15)13-8-5-11-17(21)18(13)14-7-2-4-10-16(14)20/h1-11H,21H2. The second kappa shape index (κ2) is 6.44. The molecule has 3 aromatic rings. The lowest BCUT2D eigenvalue weighted by molar-refractivity contribution is 1.56. The summed E-state index contributed by atoms with van der Waals surface area (Å²) in [6.45, 7) is 0. The third kappa shape index (κ3) is 2.99. The van der Waals surface area contributed by atoms with Crippen LogP contribution in [0.5, 0.6) is 0 Å². The minimum atomic E-state index is 1.10. The lowest BCUT2D eigenvalue weighted by atomic mass is 9.94. The van der Waals surface area contributed by atoms with Crippen LogP contribution in [0.2, 0.25) is 0 Å². The number of hydrogen-bond acceptors (Lipinski definition) is 0. The fourth-order valence-electron chi connectivity index (χ4n) is 2.44. The van der Waals surface area contributed by atoms with Crippen molar-refractivity contribution < 1.29 is 0 Å². The minimum Gasteiger partial charge on any atom is -0.105 e. The summed E-state index contributed by atoms with van der Waals surface area (Å²) in [7, 11) is 2.85. The first-order valence-electron chi connectivity index (χ1n) is 6.57. The van der Waals surface area contributed by atoms with Gasteiger partial charge in [0.1, 0.15) is 0 Å². The van der Waals surface area contributed by atoms with E-state index in [2.05, 4.69) is 95.7 Å². The Labute approximate surface area is 144 Å². The maximum Gasteiger partial charge on any atom is 0.0254 e. The smallest absolute Gasteiger partial charge is 0.0254 e. The Balaban J connectivity index is 2.32. The molecule has 0 radical (unpaired) electrons. The molecule has 0 saturated heterocycles. The molecule has 0 aromatic heterocycles. The van der Waals surface area contributed by atoms with Crippen LogP contribution in [0.1, 0.15) is 0 Å². The lowest BCUT2D eigenvalue weighted by Crippen LogP contribution is -2.00. The van der Waals surface area contributed by atoms with Gasteiger partial charge in [0.15, 0.2) is 0 Å². The Morgan fingerprint density at radius 3 is 1.71 bits per heavy atom. The van der Waals surface area contributed by atoms with Crippen molar-refractivity contribution in [3.8, 4) is 22.3 Å². The molecule has 0 spiro atoms. The molecule has 0 aliphatic carbocycles. The lowest BCUT2D eigenvalue weighted by Gasteiger charge is -2.15. The maximum atomic E-state index is 3.67. The zero-order valence-electron chi connectivity index (χ0n) is 11.2. The van der Waals surface area contributed by atoms with E-state index in [0.717, 1.165) is 8.95 Å². The van der Waals surface area contributed by atoms with Gasteiger partial charge in [-0.05, 0) is 39.7 Å². The Kier molecular flexibility index (Phi) is 4.59. The van der Waals surface area contributed by atoms with Gasteiger partial charge in [-0.3, -0.25) is 0 Å². The van der Waals surface area contributed by atoms with Crippen molar-refractivity contribution in [2.24, 2.45) is 0 Å². The summed E-state index contributed by atoms with van der Waals surface area (Å²) in [6.07, 6.45) is 0. The van der Waals surface area contributed by atoms with Crippen LogP contribution in [-0.4, -0.2) is 0 Å². The van der Waals surface area contributed by atoms with E-state index in [-0.39, 0.29) is 0 Å². The van der Waals surface area contributed by atoms with Crippen molar-refractivity contribution in [2.45, 2.75) is 0 Å². The van der Waals surface area contributed by atoms with Gasteiger partial charge >= 0.3 is 0 Å². The van der Waals surface area contributed by atoms with Gasteiger partial charge in [0, 0.05) is 8.95 Å². The largest absolute Gasteiger partial charge is 0.105 e. The highest BCUT2D eigenvalue weighted by molar-refractivity contribution is 9.11. The van der Waals surface area contributed by atoms with Crippen LogP contribution >= 0.6 is 41.1 Å². The van der Waals surface area contributed by atoms with Gasteiger partial charge in [-0.25, -0.2) is 0 Å². The first kappa shape index (κ1) is 15.0. The summed E-state index contributed by atoms with van der Waals surface area (Å²) in [5, 5.41) is 1.19. The first-order chi connectivity index (χ1) is 10.2. The molecule has 0 aliphatic rings. The quantitative estimate of drug-likeness (QED) is 0.444. The summed E-state index contributed by atoms with van der Waals surface area (Å²) >= 11 is 7.34. The number of hydrogen-bond donors (Lipinski definition) is 0. The third-order valence-corrected chi connectivity index (χ3v) is 5.27. The molecule has 21 heavy (non-hydrogen) atoms. The van der Waals surface area contributed by atoms with Gasteiger partial charge in [0.25, 0.3) is 0 Å². The SMILES string of the molecule is Pc1cccc(-c2ccccc2Br)c1-c1ccccc1Br. The molecular weight excluding hydrogens is 407 g/mol. The van der Waals surface area contributed by atoms with Crippen molar-refractivity contribution in [1.29, 1.82) is 0 Å². The fraction of sp³-hybridized carbons (Fsp3) is 0. The van der Waals surface area contributed by atoms with Crippen molar-refractivity contribution in [1.82, 2.24) is 0 Å². The predicted octanol–water partition coefficient (Wildman–Crippen LogP) is 6.05. The second-order valence-corrected chi connectivity index (χ2v) is 7.06. The Morgan fingerprint density at radius 1 is 0.571 bits per heavy atom. The fourth-order valence-corrected chi connectivity index (χ4v) is 3.84. The molecule has 0 bridgehead atoms. The van der Waals surface area contributed by atoms with Crippen molar-refractivity contribution in [3.05, 3.63) is 75.7 Å². The van der Waals surface area contributed by atoms with Crippen LogP contribution < -0.4 is 5.30 Å². The van der Waals surface area contributed by atoms with Crippen molar-refractivity contribution in [2.75, 3.05) is 0 Å². The highest BCUT2D eigenvalue weighted by Crippen LogP contribution is 2.38. The molecule has 0 saturated carbocycles. The van der Waals surface area contributed by atoms with E-state index in [9.17, 15) is 0 Å². The molecule has 3 rings (SSSR count). The average Bonchev–Trinajstić information content (AvgIpc) is 2.49. The van der Waals surface area contributed by atoms with Crippen LogP contribution in [0.25, 0.3) is 22.3 Å². The van der Waals surface area contributed by atoms with E-state index in [1.807, 2.05) is 12.1 Å². The number of benzene rings is 3. The number of rotatable bonds is 2. The van der Waals surface area contributed by atoms with E-state index in [1.54, 1.807) is 0 Å². The molecule has 1 atom stereocenters.